The number of amides is 1. The number of halogens is 4. The minimum Gasteiger partial charge on any atom is -0.481 e. The molecule has 0 aromatic heterocycles. The first kappa shape index (κ1) is 20.0. The van der Waals surface area contributed by atoms with Gasteiger partial charge >= 0.3 is 12.1 Å². The smallest absolute Gasteiger partial charge is 0.394 e. The molecule has 1 saturated heterocycles. The van der Waals surface area contributed by atoms with E-state index in [-0.39, 0.29) is 12.4 Å². The lowest BCUT2D eigenvalue weighted by molar-refractivity contribution is -0.188. The highest BCUT2D eigenvalue weighted by Crippen LogP contribution is 2.37. The van der Waals surface area contributed by atoms with Gasteiger partial charge in [-0.15, -0.1) is 12.4 Å². The Hall–Kier alpha value is -2.02. The Morgan fingerprint density at radius 1 is 1.21 bits per heavy atom. The molecule has 1 aliphatic heterocycles. The Balaban J connectivity index is 0.00000288. The summed E-state index contributed by atoms with van der Waals surface area (Å²) in [4.78, 5) is 24.1. The molecule has 0 bridgehead atoms. The second-order valence-corrected chi connectivity index (χ2v) is 5.53. The zero-order valence-electron chi connectivity index (χ0n) is 12.8. The summed E-state index contributed by atoms with van der Waals surface area (Å²) in [6, 6.07) is 8.94. The highest BCUT2D eigenvalue weighted by molar-refractivity contribution is 5.95. The molecule has 1 heterocycles. The van der Waals surface area contributed by atoms with E-state index in [0.29, 0.717) is 5.57 Å². The zero-order valence-corrected chi connectivity index (χ0v) is 13.6. The quantitative estimate of drug-likeness (QED) is 0.839. The number of likely N-dealkylation sites (tertiary alicyclic amines) is 1. The minimum absolute atomic E-state index is 0. The van der Waals surface area contributed by atoms with Gasteiger partial charge in [-0.25, -0.2) is 0 Å². The maximum atomic E-state index is 12.9. The standard InChI is InChI=1S/C16H16F3NO3.ClH/c1-10(11-5-3-2-4-6-11)7-14(21)20-8-12(15(22)23)13(9-20)16(17,18)19;/h2-7,12-13H,8-9H2,1H3,(H,22,23);1H/b10-7+;/t12-,13-;/m1./s1. The van der Waals surface area contributed by atoms with Crippen molar-refractivity contribution < 1.29 is 27.9 Å². The van der Waals surface area contributed by atoms with Gasteiger partial charge in [0.1, 0.15) is 0 Å². The Bertz CT molecular complexity index is 631. The van der Waals surface area contributed by atoms with Crippen molar-refractivity contribution in [2.75, 3.05) is 13.1 Å². The molecule has 1 aromatic carbocycles. The summed E-state index contributed by atoms with van der Waals surface area (Å²) in [6.07, 6.45) is -3.40. The average molecular weight is 364 g/mol. The van der Waals surface area contributed by atoms with Gasteiger partial charge < -0.3 is 10.0 Å². The second kappa shape index (κ2) is 7.70. The molecule has 132 valence electrons. The van der Waals surface area contributed by atoms with E-state index in [1.54, 1.807) is 31.2 Å². The first-order valence-corrected chi connectivity index (χ1v) is 7.02. The van der Waals surface area contributed by atoms with Crippen LogP contribution in [0.1, 0.15) is 12.5 Å². The van der Waals surface area contributed by atoms with Crippen molar-refractivity contribution in [3.63, 3.8) is 0 Å². The fraction of sp³-hybridized carbons (Fsp3) is 0.375. The maximum absolute atomic E-state index is 12.9. The highest BCUT2D eigenvalue weighted by atomic mass is 35.5. The van der Waals surface area contributed by atoms with Crippen molar-refractivity contribution in [3.05, 3.63) is 42.0 Å². The van der Waals surface area contributed by atoms with Gasteiger partial charge in [0, 0.05) is 19.2 Å². The van der Waals surface area contributed by atoms with Crippen molar-refractivity contribution >= 4 is 29.9 Å². The third-order valence-corrected chi connectivity index (χ3v) is 3.94. The zero-order chi connectivity index (χ0) is 17.2. The number of nitrogens with zero attached hydrogens (tertiary/aromatic N) is 1. The Labute approximate surface area is 143 Å². The monoisotopic (exact) mass is 363 g/mol. The molecule has 0 aliphatic carbocycles. The van der Waals surface area contributed by atoms with Gasteiger partial charge in [0.15, 0.2) is 0 Å². The summed E-state index contributed by atoms with van der Waals surface area (Å²) >= 11 is 0. The molecule has 0 unspecified atom stereocenters. The van der Waals surface area contributed by atoms with E-state index in [4.69, 9.17) is 5.11 Å². The van der Waals surface area contributed by atoms with E-state index in [0.717, 1.165) is 10.5 Å². The van der Waals surface area contributed by atoms with Crippen LogP contribution >= 0.6 is 12.4 Å². The van der Waals surface area contributed by atoms with E-state index in [1.165, 1.54) is 6.08 Å². The first-order valence-electron chi connectivity index (χ1n) is 7.02. The number of rotatable bonds is 3. The van der Waals surface area contributed by atoms with Gasteiger partial charge in [0.25, 0.3) is 0 Å². The molecule has 1 amide bonds. The van der Waals surface area contributed by atoms with E-state index >= 15 is 0 Å². The molecule has 2 atom stereocenters. The van der Waals surface area contributed by atoms with E-state index in [1.807, 2.05) is 6.07 Å². The SMILES string of the molecule is C/C(=C\C(=O)N1C[C@@H](C(F)(F)F)[C@H](C(=O)O)C1)c1ccccc1.Cl. The van der Waals surface area contributed by atoms with Gasteiger partial charge in [-0.05, 0) is 18.1 Å². The number of carboxylic acids is 1. The van der Waals surface area contributed by atoms with Gasteiger partial charge in [-0.1, -0.05) is 30.3 Å². The molecule has 1 aliphatic rings. The van der Waals surface area contributed by atoms with Crippen LogP contribution in [0.5, 0.6) is 0 Å². The van der Waals surface area contributed by atoms with Crippen LogP contribution < -0.4 is 0 Å². The number of aliphatic carboxylic acids is 1. The summed E-state index contributed by atoms with van der Waals surface area (Å²) in [5.41, 5.74) is 1.39. The van der Waals surface area contributed by atoms with Crippen LogP contribution in [0.2, 0.25) is 0 Å². The predicted molar refractivity (Wildman–Crippen MR) is 84.6 cm³/mol. The normalized spacial score (nSPS) is 21.3. The van der Waals surface area contributed by atoms with E-state index < -0.39 is 43.0 Å². The Kier molecular flexibility index (Phi) is 6.42. The number of carbonyl (C=O) groups is 2. The Morgan fingerprint density at radius 2 is 1.79 bits per heavy atom. The van der Waals surface area contributed by atoms with Crippen LogP contribution in [0.4, 0.5) is 13.2 Å². The number of alkyl halides is 3. The first-order chi connectivity index (χ1) is 10.7. The van der Waals surface area contributed by atoms with Crippen LogP contribution in [0.15, 0.2) is 36.4 Å². The number of carboxylic acid groups (broad SMARTS) is 1. The number of hydrogen-bond acceptors (Lipinski definition) is 2. The van der Waals surface area contributed by atoms with Crippen LogP contribution in [-0.2, 0) is 9.59 Å². The van der Waals surface area contributed by atoms with Crippen LogP contribution in [0, 0.1) is 11.8 Å². The second-order valence-electron chi connectivity index (χ2n) is 5.53. The van der Waals surface area contributed by atoms with Crippen molar-refractivity contribution in [2.24, 2.45) is 11.8 Å². The molecule has 0 spiro atoms. The van der Waals surface area contributed by atoms with Crippen molar-refractivity contribution in [1.82, 2.24) is 4.90 Å². The molecule has 8 heteroatoms. The van der Waals surface area contributed by atoms with Crippen LogP contribution in [0.3, 0.4) is 0 Å². The minimum atomic E-state index is -4.64. The fourth-order valence-electron chi connectivity index (χ4n) is 2.63. The van der Waals surface area contributed by atoms with E-state index in [9.17, 15) is 22.8 Å². The Morgan fingerprint density at radius 3 is 2.25 bits per heavy atom. The highest BCUT2D eigenvalue weighted by Gasteiger charge is 2.53. The number of benzene rings is 1. The lowest BCUT2D eigenvalue weighted by atomic mass is 9.96. The summed E-state index contributed by atoms with van der Waals surface area (Å²) in [5.74, 6) is -5.80. The molecule has 24 heavy (non-hydrogen) atoms. The molecular weight excluding hydrogens is 347 g/mol. The van der Waals surface area contributed by atoms with Crippen molar-refractivity contribution in [3.8, 4) is 0 Å². The molecule has 4 nitrogen and oxygen atoms in total. The molecule has 0 saturated carbocycles. The molecule has 1 N–H and O–H groups in total. The average Bonchev–Trinajstić information content (AvgIpc) is 2.93. The fourth-order valence-corrected chi connectivity index (χ4v) is 2.63. The van der Waals surface area contributed by atoms with E-state index in [2.05, 4.69) is 0 Å². The topological polar surface area (TPSA) is 57.6 Å². The molecule has 1 aromatic rings. The summed E-state index contributed by atoms with van der Waals surface area (Å²) in [7, 11) is 0. The summed E-state index contributed by atoms with van der Waals surface area (Å²) < 4.78 is 38.8. The molecule has 0 radical (unpaired) electrons. The summed E-state index contributed by atoms with van der Waals surface area (Å²) in [6.45, 7) is 0.619. The maximum Gasteiger partial charge on any atom is 0.394 e. The molecule has 1 fully saturated rings. The van der Waals surface area contributed by atoms with Gasteiger partial charge in [0.2, 0.25) is 5.91 Å². The number of allylic oxidation sites excluding steroid dienone is 1. The molecule has 2 rings (SSSR count). The van der Waals surface area contributed by atoms with Crippen LogP contribution in [-0.4, -0.2) is 41.1 Å². The van der Waals surface area contributed by atoms with Gasteiger partial charge in [-0.3, -0.25) is 9.59 Å². The van der Waals surface area contributed by atoms with Crippen molar-refractivity contribution in [2.45, 2.75) is 13.1 Å². The van der Waals surface area contributed by atoms with Crippen LogP contribution in [0.25, 0.3) is 5.57 Å². The van der Waals surface area contributed by atoms with Gasteiger partial charge in [-0.2, -0.15) is 13.2 Å². The predicted octanol–water partition coefficient (Wildman–Crippen LogP) is 3.23. The number of carbonyl (C=O) groups excluding carboxylic acids is 1. The third kappa shape index (κ3) is 4.50. The van der Waals surface area contributed by atoms with Crippen molar-refractivity contribution in [1.29, 1.82) is 0 Å². The number of hydrogen-bond donors (Lipinski definition) is 1. The summed E-state index contributed by atoms with van der Waals surface area (Å²) in [5, 5.41) is 8.95. The third-order valence-electron chi connectivity index (χ3n) is 3.94. The largest absolute Gasteiger partial charge is 0.481 e. The van der Waals surface area contributed by atoms with Gasteiger partial charge in [0.05, 0.1) is 11.8 Å². The lowest BCUT2D eigenvalue weighted by Crippen LogP contribution is -2.33. The lowest BCUT2D eigenvalue weighted by Gasteiger charge is -2.18. The molecular formula is C16H17ClF3NO3.